The molecule has 0 aromatic heterocycles. The Hall–Kier alpha value is -2.49. The van der Waals surface area contributed by atoms with Crippen LogP contribution in [0.15, 0.2) is 0 Å². The van der Waals surface area contributed by atoms with Crippen molar-refractivity contribution in [3.8, 4) is 0 Å². The average molecular weight is 356 g/mol. The highest BCUT2D eigenvalue weighted by molar-refractivity contribution is 6.07. The Kier molecular flexibility index (Phi) is 7.49. The number of carbonyl (C=O) groups is 5. The van der Waals surface area contributed by atoms with E-state index in [0.717, 1.165) is 0 Å². The van der Waals surface area contributed by atoms with Crippen molar-refractivity contribution in [3.63, 3.8) is 0 Å². The molecule has 1 aliphatic rings. The Morgan fingerprint density at radius 3 is 2.24 bits per heavy atom. The summed E-state index contributed by atoms with van der Waals surface area (Å²) >= 11 is 0. The van der Waals surface area contributed by atoms with Crippen molar-refractivity contribution in [2.45, 2.75) is 45.4 Å². The number of hydrogen-bond donors (Lipinski definition) is 5. The quantitative estimate of drug-likeness (QED) is 0.337. The van der Waals surface area contributed by atoms with Crippen LogP contribution in [0.3, 0.4) is 0 Å². The van der Waals surface area contributed by atoms with Crippen LogP contribution in [0.5, 0.6) is 0 Å². The smallest absolute Gasteiger partial charge is 0.257 e. The molecule has 0 aromatic carbocycles. The standard InChI is InChI=1S/C15H24N4O6/c1-4-7(2)11-14(24)17-6-10(21)16-5-9(20)12(22)15(25)18-8(3)13(23)19-11/h7-8,11-12,22H,4-6H2,1-3H3,(H,16,21)(H,17,24)(H,18,25)(H,19,23)/t7-,8-,11-,12?/m0/s1. The van der Waals surface area contributed by atoms with Crippen LogP contribution in [0.4, 0.5) is 0 Å². The van der Waals surface area contributed by atoms with Crippen LogP contribution in [0, 0.1) is 5.92 Å². The predicted octanol–water partition coefficient (Wildman–Crippen LogP) is -2.80. The van der Waals surface area contributed by atoms with Crippen LogP contribution in [0.1, 0.15) is 27.2 Å². The van der Waals surface area contributed by atoms with Gasteiger partial charge >= 0.3 is 0 Å². The molecule has 1 fully saturated rings. The molecule has 10 heteroatoms. The third-order valence-electron chi connectivity index (χ3n) is 3.98. The van der Waals surface area contributed by atoms with Crippen LogP contribution in [-0.2, 0) is 24.0 Å². The first-order chi connectivity index (χ1) is 11.7. The first kappa shape index (κ1) is 20.6. The summed E-state index contributed by atoms with van der Waals surface area (Å²) in [6, 6.07) is -1.95. The number of ketones is 1. The van der Waals surface area contributed by atoms with Crippen LogP contribution >= 0.6 is 0 Å². The minimum Gasteiger partial charge on any atom is -0.376 e. The van der Waals surface area contributed by atoms with Gasteiger partial charge in [0.2, 0.25) is 17.7 Å². The molecule has 140 valence electrons. The monoisotopic (exact) mass is 356 g/mol. The molecule has 1 aliphatic heterocycles. The normalized spacial score (nSPS) is 28.2. The topological polar surface area (TPSA) is 154 Å². The number of hydrogen-bond acceptors (Lipinski definition) is 6. The number of aliphatic hydroxyl groups is 1. The maximum atomic E-state index is 12.3. The van der Waals surface area contributed by atoms with E-state index in [2.05, 4.69) is 21.3 Å². The van der Waals surface area contributed by atoms with Crippen molar-refractivity contribution in [2.24, 2.45) is 5.92 Å². The number of rotatable bonds is 2. The van der Waals surface area contributed by atoms with E-state index in [9.17, 15) is 29.1 Å². The van der Waals surface area contributed by atoms with E-state index in [0.29, 0.717) is 6.42 Å². The minimum absolute atomic E-state index is 0.213. The van der Waals surface area contributed by atoms with Crippen LogP contribution in [0.25, 0.3) is 0 Å². The van der Waals surface area contributed by atoms with Gasteiger partial charge in [-0.1, -0.05) is 20.3 Å². The van der Waals surface area contributed by atoms with E-state index in [4.69, 9.17) is 0 Å². The van der Waals surface area contributed by atoms with Crippen LogP contribution < -0.4 is 21.3 Å². The molecule has 1 heterocycles. The third-order valence-corrected chi connectivity index (χ3v) is 3.98. The molecule has 1 rings (SSSR count). The fourth-order valence-electron chi connectivity index (χ4n) is 2.11. The Bertz CT molecular complexity index is 564. The summed E-state index contributed by atoms with van der Waals surface area (Å²) in [6.45, 7) is 4.00. The van der Waals surface area contributed by atoms with Gasteiger partial charge in [0.05, 0.1) is 13.1 Å². The molecule has 0 aromatic rings. The van der Waals surface area contributed by atoms with E-state index in [1.165, 1.54) is 6.92 Å². The first-order valence-corrected chi connectivity index (χ1v) is 8.03. The third kappa shape index (κ3) is 5.82. The molecule has 0 spiro atoms. The minimum atomic E-state index is -2.00. The number of nitrogens with one attached hydrogen (secondary N) is 4. The Labute approximate surface area is 145 Å². The Morgan fingerprint density at radius 1 is 1.00 bits per heavy atom. The largest absolute Gasteiger partial charge is 0.376 e. The number of carbonyl (C=O) groups excluding carboxylic acids is 5. The van der Waals surface area contributed by atoms with Gasteiger partial charge in [-0.2, -0.15) is 0 Å². The summed E-state index contributed by atoms with van der Waals surface area (Å²) in [6.07, 6.45) is -1.41. The summed E-state index contributed by atoms with van der Waals surface area (Å²) in [5, 5.41) is 19.0. The molecular weight excluding hydrogens is 332 g/mol. The van der Waals surface area contributed by atoms with E-state index in [1.54, 1.807) is 6.92 Å². The zero-order valence-corrected chi connectivity index (χ0v) is 14.4. The van der Waals surface area contributed by atoms with Gasteiger partial charge in [0.25, 0.3) is 5.91 Å². The lowest BCUT2D eigenvalue weighted by molar-refractivity contribution is -0.142. The van der Waals surface area contributed by atoms with E-state index >= 15 is 0 Å². The second-order valence-electron chi connectivity index (χ2n) is 5.97. The molecule has 0 aliphatic carbocycles. The number of Topliss-reactive ketones (excluding diaryl/α,β-unsaturated/α-hetero) is 1. The van der Waals surface area contributed by atoms with E-state index in [1.807, 2.05) is 6.92 Å². The molecule has 0 radical (unpaired) electrons. The molecule has 4 atom stereocenters. The van der Waals surface area contributed by atoms with Gasteiger partial charge < -0.3 is 26.4 Å². The molecule has 1 unspecified atom stereocenters. The lowest BCUT2D eigenvalue weighted by Gasteiger charge is -2.26. The second kappa shape index (κ2) is 9.11. The van der Waals surface area contributed by atoms with E-state index < -0.39 is 60.7 Å². The molecule has 0 bridgehead atoms. The molecule has 1 saturated heterocycles. The van der Waals surface area contributed by atoms with Gasteiger partial charge in [-0.25, -0.2) is 0 Å². The molecule has 10 nitrogen and oxygen atoms in total. The summed E-state index contributed by atoms with van der Waals surface area (Å²) in [4.78, 5) is 59.6. The van der Waals surface area contributed by atoms with Gasteiger partial charge in [-0.05, 0) is 12.8 Å². The van der Waals surface area contributed by atoms with Crippen molar-refractivity contribution < 1.29 is 29.1 Å². The SMILES string of the molecule is CC[C@H](C)[C@@H]1NC(=O)[C@H](C)NC(=O)C(O)C(=O)CNC(=O)CNC1=O. The van der Waals surface area contributed by atoms with Crippen molar-refractivity contribution >= 4 is 29.4 Å². The fraction of sp³-hybridized carbons (Fsp3) is 0.667. The van der Waals surface area contributed by atoms with Gasteiger partial charge in [0.1, 0.15) is 12.1 Å². The molecule has 4 amide bonds. The highest BCUT2D eigenvalue weighted by Gasteiger charge is 2.31. The number of amides is 4. The lowest BCUT2D eigenvalue weighted by Crippen LogP contribution is -2.58. The first-order valence-electron chi connectivity index (χ1n) is 8.03. The second-order valence-corrected chi connectivity index (χ2v) is 5.97. The Balaban J connectivity index is 3.01. The van der Waals surface area contributed by atoms with Crippen LogP contribution in [0.2, 0.25) is 0 Å². The molecule has 0 saturated carbocycles. The summed E-state index contributed by atoms with van der Waals surface area (Å²) in [5.41, 5.74) is 0. The zero-order valence-electron chi connectivity index (χ0n) is 14.4. The zero-order chi connectivity index (χ0) is 19.1. The van der Waals surface area contributed by atoms with Crippen molar-refractivity contribution in [1.29, 1.82) is 0 Å². The van der Waals surface area contributed by atoms with Crippen molar-refractivity contribution in [3.05, 3.63) is 0 Å². The maximum Gasteiger partial charge on any atom is 0.257 e. The summed E-state index contributed by atoms with van der Waals surface area (Å²) < 4.78 is 0. The fourth-order valence-corrected chi connectivity index (χ4v) is 2.11. The predicted molar refractivity (Wildman–Crippen MR) is 86.0 cm³/mol. The maximum absolute atomic E-state index is 12.3. The summed E-state index contributed by atoms with van der Waals surface area (Å²) in [7, 11) is 0. The van der Waals surface area contributed by atoms with Gasteiger partial charge in [-0.3, -0.25) is 24.0 Å². The highest BCUT2D eigenvalue weighted by atomic mass is 16.3. The van der Waals surface area contributed by atoms with Crippen LogP contribution in [-0.4, -0.2) is 65.8 Å². The van der Waals surface area contributed by atoms with Gasteiger partial charge in [0.15, 0.2) is 11.9 Å². The van der Waals surface area contributed by atoms with E-state index in [-0.39, 0.29) is 5.92 Å². The number of aliphatic hydroxyl groups excluding tert-OH is 1. The lowest BCUT2D eigenvalue weighted by atomic mass is 9.98. The van der Waals surface area contributed by atoms with Gasteiger partial charge in [-0.15, -0.1) is 0 Å². The summed E-state index contributed by atoms with van der Waals surface area (Å²) in [5.74, 6) is -4.04. The molecule has 25 heavy (non-hydrogen) atoms. The van der Waals surface area contributed by atoms with Crippen molar-refractivity contribution in [2.75, 3.05) is 13.1 Å². The highest BCUT2D eigenvalue weighted by Crippen LogP contribution is 2.08. The average Bonchev–Trinajstić information content (AvgIpc) is 2.59. The Morgan fingerprint density at radius 2 is 1.64 bits per heavy atom. The van der Waals surface area contributed by atoms with Gasteiger partial charge in [0, 0.05) is 0 Å². The van der Waals surface area contributed by atoms with Crippen molar-refractivity contribution in [1.82, 2.24) is 21.3 Å². The molecule has 5 N–H and O–H groups in total. The molecular formula is C15H24N4O6.